The standard InChI is InChI=1S/C15H19N5O3S/c1-10(12-5-3-4-7-17-12)18-15(21)14-11-9-16-8-6-13(11)20(19-14)24(2,22)23/h3-5,7,10,16H,6,8-9H2,1-2H3,(H,18,21). The molecule has 8 nitrogen and oxygen atoms in total. The molecule has 3 rings (SSSR count). The average Bonchev–Trinajstić information content (AvgIpc) is 2.95. The number of nitrogens with zero attached hydrogens (tertiary/aromatic N) is 3. The number of amides is 1. The summed E-state index contributed by atoms with van der Waals surface area (Å²) in [6, 6.07) is 5.15. The highest BCUT2D eigenvalue weighted by atomic mass is 32.2. The maximum Gasteiger partial charge on any atom is 0.272 e. The third-order valence-electron chi connectivity index (χ3n) is 3.90. The lowest BCUT2D eigenvalue weighted by atomic mass is 10.1. The molecule has 9 heteroatoms. The minimum Gasteiger partial charge on any atom is -0.343 e. The van der Waals surface area contributed by atoms with Gasteiger partial charge in [0.1, 0.15) is 0 Å². The molecule has 2 N–H and O–H groups in total. The fourth-order valence-corrected chi connectivity index (χ4v) is 3.58. The summed E-state index contributed by atoms with van der Waals surface area (Å²) in [4.78, 5) is 16.8. The molecule has 3 heterocycles. The number of nitrogens with one attached hydrogen (secondary N) is 2. The van der Waals surface area contributed by atoms with Gasteiger partial charge in [-0.25, -0.2) is 8.42 Å². The molecule has 1 aliphatic heterocycles. The molecule has 0 bridgehead atoms. The van der Waals surface area contributed by atoms with E-state index in [0.717, 1.165) is 16.0 Å². The summed E-state index contributed by atoms with van der Waals surface area (Å²) in [5, 5.41) is 10.0. The molecule has 128 valence electrons. The smallest absolute Gasteiger partial charge is 0.272 e. The molecular weight excluding hydrogens is 330 g/mol. The van der Waals surface area contributed by atoms with Crippen molar-refractivity contribution >= 4 is 15.9 Å². The average molecular weight is 349 g/mol. The van der Waals surface area contributed by atoms with Crippen molar-refractivity contribution in [1.29, 1.82) is 0 Å². The zero-order valence-electron chi connectivity index (χ0n) is 13.5. The number of hydrogen-bond donors (Lipinski definition) is 2. The Balaban J connectivity index is 1.92. The van der Waals surface area contributed by atoms with Crippen molar-refractivity contribution in [1.82, 2.24) is 24.8 Å². The van der Waals surface area contributed by atoms with Gasteiger partial charge < -0.3 is 10.6 Å². The van der Waals surface area contributed by atoms with Crippen LogP contribution in [-0.4, -0.2) is 41.3 Å². The zero-order chi connectivity index (χ0) is 17.3. The number of fused-ring (bicyclic) bond motifs is 1. The number of carbonyl (C=O) groups is 1. The molecule has 0 saturated carbocycles. The predicted molar refractivity (Wildman–Crippen MR) is 88.0 cm³/mol. The quantitative estimate of drug-likeness (QED) is 0.818. The minimum absolute atomic E-state index is 0.144. The van der Waals surface area contributed by atoms with Crippen molar-refractivity contribution in [3.8, 4) is 0 Å². The first-order valence-electron chi connectivity index (χ1n) is 7.61. The Bertz CT molecular complexity index is 861. The predicted octanol–water partition coefficient (Wildman–Crippen LogP) is 0.223. The lowest BCUT2D eigenvalue weighted by molar-refractivity contribution is 0.0932. The van der Waals surface area contributed by atoms with Gasteiger partial charge in [-0.2, -0.15) is 9.19 Å². The second-order valence-corrected chi connectivity index (χ2v) is 7.57. The van der Waals surface area contributed by atoms with E-state index >= 15 is 0 Å². The summed E-state index contributed by atoms with van der Waals surface area (Å²) in [6.45, 7) is 2.89. The molecule has 2 aromatic rings. The van der Waals surface area contributed by atoms with E-state index in [1.807, 2.05) is 19.1 Å². The van der Waals surface area contributed by atoms with Gasteiger partial charge in [-0.15, -0.1) is 0 Å². The first kappa shape index (κ1) is 16.6. The van der Waals surface area contributed by atoms with E-state index in [4.69, 9.17) is 0 Å². The largest absolute Gasteiger partial charge is 0.343 e. The maximum atomic E-state index is 12.6. The van der Waals surface area contributed by atoms with Crippen LogP contribution in [0, 0.1) is 0 Å². The van der Waals surface area contributed by atoms with Crippen molar-refractivity contribution in [2.24, 2.45) is 0 Å². The highest BCUT2D eigenvalue weighted by Crippen LogP contribution is 2.20. The fraction of sp³-hybridized carbons (Fsp3) is 0.400. The van der Waals surface area contributed by atoms with Gasteiger partial charge in [0.05, 0.1) is 23.7 Å². The second kappa shape index (κ2) is 6.33. The van der Waals surface area contributed by atoms with Gasteiger partial charge in [0, 0.05) is 31.3 Å². The third kappa shape index (κ3) is 3.17. The maximum absolute atomic E-state index is 12.6. The number of hydrogen-bond acceptors (Lipinski definition) is 6. The van der Waals surface area contributed by atoms with Crippen LogP contribution in [0.2, 0.25) is 0 Å². The molecule has 1 atom stereocenters. The van der Waals surface area contributed by atoms with Crippen LogP contribution >= 0.6 is 0 Å². The van der Waals surface area contributed by atoms with Gasteiger partial charge >= 0.3 is 0 Å². The molecule has 1 aliphatic rings. The molecule has 2 aromatic heterocycles. The van der Waals surface area contributed by atoms with Crippen LogP contribution in [0.5, 0.6) is 0 Å². The van der Waals surface area contributed by atoms with E-state index in [1.165, 1.54) is 0 Å². The minimum atomic E-state index is -3.55. The molecule has 0 radical (unpaired) electrons. The van der Waals surface area contributed by atoms with Crippen molar-refractivity contribution in [3.63, 3.8) is 0 Å². The van der Waals surface area contributed by atoms with Gasteiger partial charge in [0.2, 0.25) is 0 Å². The van der Waals surface area contributed by atoms with Crippen molar-refractivity contribution in [2.45, 2.75) is 25.9 Å². The lowest BCUT2D eigenvalue weighted by Crippen LogP contribution is -2.30. The van der Waals surface area contributed by atoms with Gasteiger partial charge in [-0.05, 0) is 19.1 Å². The Kier molecular flexibility index (Phi) is 4.37. The Morgan fingerprint density at radius 2 is 2.21 bits per heavy atom. The highest BCUT2D eigenvalue weighted by Gasteiger charge is 2.28. The van der Waals surface area contributed by atoms with Gasteiger partial charge in [-0.1, -0.05) is 6.07 Å². The van der Waals surface area contributed by atoms with E-state index < -0.39 is 15.9 Å². The van der Waals surface area contributed by atoms with Crippen LogP contribution in [0.4, 0.5) is 0 Å². The summed E-state index contributed by atoms with van der Waals surface area (Å²) in [5.74, 6) is -0.407. The second-order valence-electron chi connectivity index (χ2n) is 5.76. The first-order chi connectivity index (χ1) is 11.4. The summed E-state index contributed by atoms with van der Waals surface area (Å²) < 4.78 is 24.8. The first-order valence-corrected chi connectivity index (χ1v) is 9.46. The molecule has 0 saturated heterocycles. The molecule has 1 unspecified atom stereocenters. The van der Waals surface area contributed by atoms with E-state index in [9.17, 15) is 13.2 Å². The van der Waals surface area contributed by atoms with Crippen LogP contribution in [0.25, 0.3) is 0 Å². The normalized spacial score (nSPS) is 15.6. The summed E-state index contributed by atoms with van der Waals surface area (Å²) in [5.41, 5.74) is 2.08. The van der Waals surface area contributed by atoms with Gasteiger partial charge in [-0.3, -0.25) is 9.78 Å². The molecule has 0 aromatic carbocycles. The van der Waals surface area contributed by atoms with E-state index in [-0.39, 0.29) is 11.7 Å². The van der Waals surface area contributed by atoms with E-state index in [1.54, 1.807) is 12.3 Å². The SMILES string of the molecule is CC(NC(=O)c1nn(S(C)(=O)=O)c2c1CNCC2)c1ccccn1. The van der Waals surface area contributed by atoms with Crippen LogP contribution in [-0.2, 0) is 23.0 Å². The molecule has 0 spiro atoms. The van der Waals surface area contributed by atoms with Gasteiger partial charge in [0.25, 0.3) is 15.9 Å². The van der Waals surface area contributed by atoms with Crippen LogP contribution in [0.3, 0.4) is 0 Å². The zero-order valence-corrected chi connectivity index (χ0v) is 14.3. The van der Waals surface area contributed by atoms with E-state index in [2.05, 4.69) is 20.7 Å². The Morgan fingerprint density at radius 3 is 2.88 bits per heavy atom. The molecule has 1 amide bonds. The van der Waals surface area contributed by atoms with Crippen molar-refractivity contribution < 1.29 is 13.2 Å². The van der Waals surface area contributed by atoms with Crippen LogP contribution in [0.15, 0.2) is 24.4 Å². The molecule has 24 heavy (non-hydrogen) atoms. The van der Waals surface area contributed by atoms with Crippen LogP contribution in [0.1, 0.15) is 40.4 Å². The van der Waals surface area contributed by atoms with Crippen molar-refractivity contribution in [2.75, 3.05) is 12.8 Å². The summed E-state index contributed by atoms with van der Waals surface area (Å²) in [6.07, 6.45) is 3.25. The topological polar surface area (TPSA) is 106 Å². The number of pyridine rings is 1. The lowest BCUT2D eigenvalue weighted by Gasteiger charge is -2.15. The van der Waals surface area contributed by atoms with Gasteiger partial charge in [0.15, 0.2) is 5.69 Å². The Morgan fingerprint density at radius 1 is 1.42 bits per heavy atom. The molecule has 0 fully saturated rings. The van der Waals surface area contributed by atoms with E-state index in [0.29, 0.717) is 30.8 Å². The highest BCUT2D eigenvalue weighted by molar-refractivity contribution is 7.89. The summed E-state index contributed by atoms with van der Waals surface area (Å²) >= 11 is 0. The number of aromatic nitrogens is 3. The molecular formula is C15H19N5O3S. The number of rotatable bonds is 4. The summed E-state index contributed by atoms with van der Waals surface area (Å²) in [7, 11) is -3.55. The van der Waals surface area contributed by atoms with Crippen LogP contribution < -0.4 is 10.6 Å². The Hall–Kier alpha value is -2.26. The monoisotopic (exact) mass is 349 g/mol. The molecule has 0 aliphatic carbocycles. The fourth-order valence-electron chi connectivity index (χ4n) is 2.74. The van der Waals surface area contributed by atoms with Crippen molar-refractivity contribution in [3.05, 3.63) is 47.0 Å². The third-order valence-corrected chi connectivity index (χ3v) is 4.83. The number of carbonyl (C=O) groups excluding carboxylic acids is 1. The Labute approximate surface area is 140 Å².